The molecule has 0 aliphatic heterocycles. The summed E-state index contributed by atoms with van der Waals surface area (Å²) in [5.74, 6) is 0. The van der Waals surface area contributed by atoms with Crippen LogP contribution in [0.15, 0.2) is 0 Å². The summed E-state index contributed by atoms with van der Waals surface area (Å²) in [6.45, 7) is 0.826. The third-order valence-electron chi connectivity index (χ3n) is 2.05. The maximum absolute atomic E-state index is 5.05. The molecule has 0 heterocycles. The summed E-state index contributed by atoms with van der Waals surface area (Å²) in [6, 6.07) is 0. The van der Waals surface area contributed by atoms with Crippen LogP contribution in [0, 0.1) is 7.05 Å². The van der Waals surface area contributed by atoms with Crippen LogP contribution in [0.2, 0.25) is 0 Å². The molecule has 54 valence electrons. The third kappa shape index (κ3) is 1.25. The van der Waals surface area contributed by atoms with Crippen molar-refractivity contribution < 1.29 is 4.74 Å². The Morgan fingerprint density at radius 3 is 2.33 bits per heavy atom. The topological polar surface area (TPSA) is 12.5 Å². The fraction of sp³-hybridized carbons (Fsp3) is 0.857. The first-order valence-corrected chi connectivity index (χ1v) is 3.24. The maximum atomic E-state index is 5.05. The molecule has 2 heteroatoms. The second-order valence-corrected chi connectivity index (χ2v) is 2.86. The molecule has 0 spiro atoms. The normalized spacial score (nSPS) is 22.7. The zero-order chi connectivity index (χ0) is 6.91. The standard InChI is InChI=1S/C7H14NO/c1-8(2)7(4-5-7)6-9-3/h1,4-6H2,2-3H3/q-1. The van der Waals surface area contributed by atoms with Crippen LogP contribution in [-0.2, 0) is 4.74 Å². The number of rotatable bonds is 3. The lowest BCUT2D eigenvalue weighted by Gasteiger charge is -2.30. The molecule has 0 N–H and O–H groups in total. The van der Waals surface area contributed by atoms with Gasteiger partial charge in [0, 0.05) is 12.6 Å². The minimum absolute atomic E-state index is 0.300. The second-order valence-electron chi connectivity index (χ2n) is 2.86. The molecule has 2 nitrogen and oxygen atoms in total. The van der Waals surface area contributed by atoms with Gasteiger partial charge >= 0.3 is 0 Å². The molecule has 0 saturated heterocycles. The first-order chi connectivity index (χ1) is 4.21. The van der Waals surface area contributed by atoms with Crippen LogP contribution in [0.25, 0.3) is 0 Å². The predicted molar refractivity (Wildman–Crippen MR) is 37.0 cm³/mol. The van der Waals surface area contributed by atoms with Crippen LogP contribution in [0.4, 0.5) is 0 Å². The summed E-state index contributed by atoms with van der Waals surface area (Å²) in [5, 5.41) is 0. The minimum Gasteiger partial charge on any atom is -0.455 e. The van der Waals surface area contributed by atoms with Gasteiger partial charge in [-0.2, -0.15) is 0 Å². The van der Waals surface area contributed by atoms with E-state index in [2.05, 4.69) is 7.05 Å². The molecule has 0 radical (unpaired) electrons. The van der Waals surface area contributed by atoms with Gasteiger partial charge in [0.15, 0.2) is 0 Å². The molecule has 1 rings (SSSR count). The van der Waals surface area contributed by atoms with Crippen molar-refractivity contribution in [1.29, 1.82) is 0 Å². The zero-order valence-corrected chi connectivity index (χ0v) is 6.18. The van der Waals surface area contributed by atoms with Crippen LogP contribution in [0.3, 0.4) is 0 Å². The monoisotopic (exact) mass is 128 g/mol. The van der Waals surface area contributed by atoms with E-state index >= 15 is 0 Å². The van der Waals surface area contributed by atoms with E-state index in [-0.39, 0.29) is 0 Å². The van der Waals surface area contributed by atoms with Crippen LogP contribution in [0.1, 0.15) is 12.8 Å². The van der Waals surface area contributed by atoms with E-state index < -0.39 is 0 Å². The van der Waals surface area contributed by atoms with Gasteiger partial charge in [0.1, 0.15) is 0 Å². The Balaban J connectivity index is 2.33. The van der Waals surface area contributed by atoms with Crippen molar-refractivity contribution >= 4 is 0 Å². The van der Waals surface area contributed by atoms with Gasteiger partial charge in [0.05, 0.1) is 6.61 Å². The van der Waals surface area contributed by atoms with E-state index in [1.807, 2.05) is 11.9 Å². The summed E-state index contributed by atoms with van der Waals surface area (Å²) >= 11 is 0. The molecule has 1 saturated carbocycles. The number of ether oxygens (including phenoxy) is 1. The minimum atomic E-state index is 0.300. The lowest BCUT2D eigenvalue weighted by Crippen LogP contribution is -2.32. The van der Waals surface area contributed by atoms with E-state index in [1.54, 1.807) is 7.11 Å². The molecular formula is C7H14NO-. The highest BCUT2D eigenvalue weighted by molar-refractivity contribution is 5.02. The Kier molecular flexibility index (Phi) is 1.78. The number of nitrogens with zero attached hydrogens (tertiary/aromatic N) is 1. The van der Waals surface area contributed by atoms with Gasteiger partial charge in [0.25, 0.3) is 0 Å². The molecule has 0 aromatic rings. The van der Waals surface area contributed by atoms with Gasteiger partial charge < -0.3 is 9.64 Å². The Hall–Kier alpha value is -0.0800. The van der Waals surface area contributed by atoms with Crippen molar-refractivity contribution in [2.24, 2.45) is 0 Å². The van der Waals surface area contributed by atoms with Crippen LogP contribution >= 0.6 is 0 Å². The van der Waals surface area contributed by atoms with Crippen molar-refractivity contribution in [3.05, 3.63) is 7.05 Å². The zero-order valence-electron chi connectivity index (χ0n) is 6.18. The lowest BCUT2D eigenvalue weighted by molar-refractivity contribution is 0.115. The quantitative estimate of drug-likeness (QED) is 0.523. The Morgan fingerprint density at radius 1 is 1.67 bits per heavy atom. The Morgan fingerprint density at radius 2 is 2.22 bits per heavy atom. The molecule has 0 aromatic carbocycles. The summed E-state index contributed by atoms with van der Waals surface area (Å²) in [6.07, 6.45) is 2.47. The highest BCUT2D eigenvalue weighted by Crippen LogP contribution is 2.40. The van der Waals surface area contributed by atoms with E-state index in [1.165, 1.54) is 12.8 Å². The molecule has 0 bridgehead atoms. The van der Waals surface area contributed by atoms with Gasteiger partial charge in [-0.1, -0.05) is 0 Å². The molecule has 1 aliphatic carbocycles. The van der Waals surface area contributed by atoms with Crippen LogP contribution in [-0.4, -0.2) is 31.2 Å². The van der Waals surface area contributed by atoms with Crippen molar-refractivity contribution in [2.75, 3.05) is 20.8 Å². The molecule has 1 aliphatic rings. The number of likely N-dealkylation sites (N-methyl/N-ethyl adjacent to an activating group) is 1. The molecule has 0 amide bonds. The van der Waals surface area contributed by atoms with Crippen molar-refractivity contribution in [3.8, 4) is 0 Å². The molecule has 0 unspecified atom stereocenters. The van der Waals surface area contributed by atoms with Crippen molar-refractivity contribution in [3.63, 3.8) is 0 Å². The average Bonchev–Trinajstić information content (AvgIpc) is 2.49. The Labute approximate surface area is 56.8 Å². The van der Waals surface area contributed by atoms with Crippen molar-refractivity contribution in [2.45, 2.75) is 18.4 Å². The highest BCUT2D eigenvalue weighted by atomic mass is 16.5. The fourth-order valence-corrected chi connectivity index (χ4v) is 1.05. The second kappa shape index (κ2) is 2.27. The van der Waals surface area contributed by atoms with Gasteiger partial charge in [-0.3, -0.25) is 7.05 Å². The van der Waals surface area contributed by atoms with Gasteiger partial charge in [-0.15, -0.1) is 0 Å². The first-order valence-electron chi connectivity index (χ1n) is 3.24. The van der Waals surface area contributed by atoms with E-state index in [4.69, 9.17) is 4.74 Å². The molecule has 0 atom stereocenters. The maximum Gasteiger partial charge on any atom is 0.0622 e. The van der Waals surface area contributed by atoms with Crippen LogP contribution < -0.4 is 0 Å². The molecule has 1 fully saturated rings. The highest BCUT2D eigenvalue weighted by Gasteiger charge is 2.41. The molecule has 9 heavy (non-hydrogen) atoms. The third-order valence-corrected chi connectivity index (χ3v) is 2.05. The van der Waals surface area contributed by atoms with Gasteiger partial charge in [-0.25, -0.2) is 0 Å². The lowest BCUT2D eigenvalue weighted by atomic mass is 10.3. The predicted octanol–water partition coefficient (Wildman–Crippen LogP) is 0.889. The van der Waals surface area contributed by atoms with E-state index in [9.17, 15) is 0 Å². The van der Waals surface area contributed by atoms with Crippen LogP contribution in [0.5, 0.6) is 0 Å². The molecule has 0 aromatic heterocycles. The number of methoxy groups -OCH3 is 1. The number of hydrogen-bond acceptors (Lipinski definition) is 2. The SMILES string of the molecule is [CH2-]N(C)C1(COC)CC1. The summed E-state index contributed by atoms with van der Waals surface area (Å²) in [7, 11) is 7.59. The molecular weight excluding hydrogens is 114 g/mol. The Bertz CT molecular complexity index is 97.1. The average molecular weight is 128 g/mol. The number of hydrogen-bond donors (Lipinski definition) is 0. The first kappa shape index (κ1) is 7.03. The van der Waals surface area contributed by atoms with E-state index in [0.29, 0.717) is 5.54 Å². The van der Waals surface area contributed by atoms with Gasteiger partial charge in [0.2, 0.25) is 0 Å². The fourth-order valence-electron chi connectivity index (χ4n) is 1.05. The summed E-state index contributed by atoms with van der Waals surface area (Å²) < 4.78 is 5.05. The van der Waals surface area contributed by atoms with E-state index in [0.717, 1.165) is 6.61 Å². The van der Waals surface area contributed by atoms with Gasteiger partial charge in [-0.05, 0) is 19.9 Å². The smallest absolute Gasteiger partial charge is 0.0622 e. The summed E-state index contributed by atoms with van der Waals surface area (Å²) in [4.78, 5) is 2.01. The van der Waals surface area contributed by atoms with Crippen molar-refractivity contribution in [1.82, 2.24) is 4.90 Å². The summed E-state index contributed by atoms with van der Waals surface area (Å²) in [5.41, 5.74) is 0.300. The largest absolute Gasteiger partial charge is 0.455 e.